The molecule has 53 heavy (non-hydrogen) atoms. The quantitative estimate of drug-likeness (QED) is 0.170. The van der Waals surface area contributed by atoms with Crippen molar-refractivity contribution in [1.82, 2.24) is 14.5 Å². The van der Waals surface area contributed by atoms with E-state index in [1.165, 1.54) is 11.1 Å². The zero-order valence-electron chi connectivity index (χ0n) is 32.7. The summed E-state index contributed by atoms with van der Waals surface area (Å²) in [7, 11) is 2.68. The summed E-state index contributed by atoms with van der Waals surface area (Å²) in [4.78, 5) is 19.8. The fourth-order valence-corrected chi connectivity index (χ4v) is 10.4. The van der Waals surface area contributed by atoms with E-state index in [9.17, 15) is 9.00 Å². The van der Waals surface area contributed by atoms with Crippen molar-refractivity contribution in [2.45, 2.75) is 88.5 Å². The number of carbonyl (C=O) groups is 1. The molecule has 6 rings (SSSR count). The normalized spacial score (nSPS) is 25.5. The van der Waals surface area contributed by atoms with Crippen LogP contribution in [-0.2, 0) is 26.9 Å². The van der Waals surface area contributed by atoms with Crippen LogP contribution in [0.2, 0.25) is 5.02 Å². The average Bonchev–Trinajstić information content (AvgIpc) is 3.31. The van der Waals surface area contributed by atoms with E-state index < -0.39 is 11.0 Å². The zero-order valence-corrected chi connectivity index (χ0v) is 34.3. The number of hydrogen-bond acceptors (Lipinski definition) is 8. The van der Waals surface area contributed by atoms with Gasteiger partial charge in [0.15, 0.2) is 0 Å². The first-order valence-corrected chi connectivity index (χ1v) is 21.7. The van der Waals surface area contributed by atoms with Crippen LogP contribution in [-0.4, -0.2) is 117 Å². The van der Waals surface area contributed by atoms with Crippen LogP contribution in [0.5, 0.6) is 5.75 Å². The highest BCUT2D eigenvalue weighted by atomic mass is 35.5. The summed E-state index contributed by atoms with van der Waals surface area (Å²) in [6.45, 7) is 15.7. The first-order chi connectivity index (χ1) is 25.7. The molecule has 0 spiro atoms. The number of halogens is 1. The Morgan fingerprint density at radius 2 is 1.89 bits per heavy atom. The lowest BCUT2D eigenvalue weighted by Crippen LogP contribution is -2.61. The van der Waals surface area contributed by atoms with Gasteiger partial charge in [-0.05, 0) is 105 Å². The second kappa shape index (κ2) is 18.7. The molecule has 0 aromatic heterocycles. The minimum atomic E-state index is -1.04. The Morgan fingerprint density at radius 1 is 1.09 bits per heavy atom. The van der Waals surface area contributed by atoms with Crippen LogP contribution in [0.4, 0.5) is 5.69 Å². The molecule has 9 nitrogen and oxygen atoms in total. The number of fused-ring (bicyclic) bond motifs is 1. The molecule has 1 aliphatic carbocycles. The molecule has 1 saturated carbocycles. The second-order valence-electron chi connectivity index (χ2n) is 16.1. The van der Waals surface area contributed by atoms with E-state index in [-0.39, 0.29) is 16.8 Å². The van der Waals surface area contributed by atoms with Crippen molar-refractivity contribution >= 4 is 34.6 Å². The first-order valence-electron chi connectivity index (χ1n) is 20.1. The van der Waals surface area contributed by atoms with Crippen molar-refractivity contribution in [1.29, 1.82) is 0 Å². The molecule has 3 fully saturated rings. The number of ether oxygens (including phenoxy) is 3. The van der Waals surface area contributed by atoms with Crippen molar-refractivity contribution < 1.29 is 23.2 Å². The van der Waals surface area contributed by atoms with Gasteiger partial charge in [0, 0.05) is 74.7 Å². The minimum absolute atomic E-state index is 0.0879. The molecule has 294 valence electrons. The predicted octanol–water partition coefficient (Wildman–Crippen LogP) is 6.59. The fraction of sp³-hybridized carbons (Fsp3) is 0.690. The maximum atomic E-state index is 12.6. The Hall–Kier alpha value is -2.05. The van der Waals surface area contributed by atoms with Gasteiger partial charge in [-0.3, -0.25) is 14.6 Å². The van der Waals surface area contributed by atoms with E-state index in [0.29, 0.717) is 36.0 Å². The second-order valence-corrected chi connectivity index (χ2v) is 18.3. The zero-order chi connectivity index (χ0) is 37.5. The monoisotopic (exact) mass is 770 g/mol. The maximum Gasteiger partial charge on any atom is 0.150 e. The molecule has 7 atom stereocenters. The summed E-state index contributed by atoms with van der Waals surface area (Å²) in [5.74, 6) is 2.18. The highest BCUT2D eigenvalue weighted by molar-refractivity contribution is 7.83. The number of piperazine rings is 1. The first kappa shape index (κ1) is 40.6. The van der Waals surface area contributed by atoms with Crippen molar-refractivity contribution in [3.8, 4) is 5.75 Å². The minimum Gasteiger partial charge on any atom is -0.491 e. The number of benzene rings is 2. The van der Waals surface area contributed by atoms with Crippen molar-refractivity contribution in [2.24, 2.45) is 17.8 Å². The van der Waals surface area contributed by atoms with Gasteiger partial charge in [-0.25, -0.2) is 8.93 Å². The lowest BCUT2D eigenvalue weighted by Gasteiger charge is -2.53. The van der Waals surface area contributed by atoms with Gasteiger partial charge < -0.3 is 19.1 Å². The summed E-state index contributed by atoms with van der Waals surface area (Å²) < 4.78 is 34.4. The summed E-state index contributed by atoms with van der Waals surface area (Å²) in [6, 6.07) is 12.8. The van der Waals surface area contributed by atoms with Crippen LogP contribution in [0.3, 0.4) is 0 Å². The summed E-state index contributed by atoms with van der Waals surface area (Å²) >= 11 is 6.50. The van der Waals surface area contributed by atoms with Crippen molar-refractivity contribution in [3.63, 3.8) is 0 Å². The molecular formula is C42H63ClN4O5S. The molecule has 3 heterocycles. The molecule has 0 radical (unpaired) electrons. The molecule has 0 bridgehead atoms. The summed E-state index contributed by atoms with van der Waals surface area (Å²) in [5.41, 5.74) is 3.99. The number of rotatable bonds is 18. The van der Waals surface area contributed by atoms with E-state index in [4.69, 9.17) is 25.8 Å². The number of aryl methyl sites for hydroxylation is 1. The van der Waals surface area contributed by atoms with E-state index in [2.05, 4.69) is 52.3 Å². The number of hydrogen-bond donors (Lipinski definition) is 1. The van der Waals surface area contributed by atoms with Gasteiger partial charge in [-0.2, -0.15) is 0 Å². The lowest BCUT2D eigenvalue weighted by atomic mass is 9.62. The van der Waals surface area contributed by atoms with Crippen molar-refractivity contribution in [3.05, 3.63) is 58.1 Å². The van der Waals surface area contributed by atoms with Crippen LogP contribution in [0.1, 0.15) is 86.7 Å². The molecule has 11 heteroatoms. The molecule has 2 saturated heterocycles. The van der Waals surface area contributed by atoms with Crippen LogP contribution in [0.15, 0.2) is 36.4 Å². The Balaban J connectivity index is 1.24. The third-order valence-electron chi connectivity index (χ3n) is 13.0. The molecule has 2 aromatic rings. The standard InChI is InChI=1S/C42H63ClN4O5S/c1-6-8-33-22-36(43)12-13-38(33)35-24-47(40-21-32(25-48)10-15-41(40)52-26-35)23-34-11-14-39(34)42(50-5,16-7-9-30(2)31(3)53(49)44-4)29-45-17-19-46(20-18-45)37-27-51-28-37/h10,12-13,15,21-22,25,30-31,34-35,37,39,44H,6-9,11,14,16-20,23-24,26-29H2,1-5H3. The van der Waals surface area contributed by atoms with Gasteiger partial charge in [0.25, 0.3) is 0 Å². The smallest absolute Gasteiger partial charge is 0.150 e. The molecule has 3 aliphatic heterocycles. The summed E-state index contributed by atoms with van der Waals surface area (Å²) in [6.07, 6.45) is 8.27. The van der Waals surface area contributed by atoms with Crippen LogP contribution in [0.25, 0.3) is 0 Å². The van der Waals surface area contributed by atoms with E-state index in [0.717, 1.165) is 127 Å². The fourth-order valence-electron chi connectivity index (χ4n) is 9.32. The topological polar surface area (TPSA) is 83.6 Å². The van der Waals surface area contributed by atoms with Crippen LogP contribution >= 0.6 is 11.6 Å². The van der Waals surface area contributed by atoms with E-state index >= 15 is 0 Å². The number of nitrogens with one attached hydrogen (secondary N) is 1. The van der Waals surface area contributed by atoms with Gasteiger partial charge in [-0.1, -0.05) is 44.4 Å². The highest BCUT2D eigenvalue weighted by Crippen LogP contribution is 2.48. The number of methoxy groups -OCH3 is 1. The largest absolute Gasteiger partial charge is 0.491 e. The number of aldehydes is 1. The van der Waals surface area contributed by atoms with Crippen molar-refractivity contribution in [2.75, 3.05) is 84.7 Å². The third-order valence-corrected chi connectivity index (χ3v) is 14.8. The van der Waals surface area contributed by atoms with Gasteiger partial charge in [-0.15, -0.1) is 0 Å². The number of anilines is 1. The van der Waals surface area contributed by atoms with Gasteiger partial charge >= 0.3 is 0 Å². The van der Waals surface area contributed by atoms with Gasteiger partial charge in [0.05, 0.1) is 48.1 Å². The molecule has 2 aromatic carbocycles. The van der Waals surface area contributed by atoms with Gasteiger partial charge in [0.1, 0.15) is 12.0 Å². The van der Waals surface area contributed by atoms with E-state index in [1.807, 2.05) is 31.4 Å². The Morgan fingerprint density at radius 3 is 2.53 bits per heavy atom. The van der Waals surface area contributed by atoms with Crippen LogP contribution < -0.4 is 14.4 Å². The Bertz CT molecular complexity index is 1540. The average molecular weight is 772 g/mol. The Kier molecular flexibility index (Phi) is 14.3. The maximum absolute atomic E-state index is 12.6. The highest BCUT2D eigenvalue weighted by Gasteiger charge is 2.49. The summed E-state index contributed by atoms with van der Waals surface area (Å²) in [5, 5.41) is 0.860. The van der Waals surface area contributed by atoms with Gasteiger partial charge in [0.2, 0.25) is 0 Å². The number of carbonyl (C=O) groups excluding carboxylic acids is 1. The molecule has 7 unspecified atom stereocenters. The third kappa shape index (κ3) is 9.50. The SMILES string of the molecule is CCCc1cc(Cl)ccc1C1COc2ccc(C=O)cc2N(CC2CCC2C(CCCC(C)C(C)S(=O)NC)(CN2CCN(C3COC3)CC2)OC)C1. The number of nitrogens with zero attached hydrogens (tertiary/aromatic N) is 3. The Labute approximate surface area is 326 Å². The lowest BCUT2D eigenvalue weighted by molar-refractivity contribution is -0.137. The molecule has 1 N–H and O–H groups in total. The molecule has 4 aliphatic rings. The van der Waals surface area contributed by atoms with Crippen LogP contribution in [0, 0.1) is 17.8 Å². The molecular weight excluding hydrogens is 708 g/mol. The van der Waals surface area contributed by atoms with E-state index in [1.54, 1.807) is 7.05 Å². The molecule has 0 amide bonds. The predicted molar refractivity (Wildman–Crippen MR) is 216 cm³/mol.